The molecule has 2 nitrogen and oxygen atoms in total. The standard InChI is InChI=1S/C20H25N2/c1-15(2)13-21-14-22(20-8-6-5-7-19(20)21)18-11-9-17(10-12-18)16(3)4/h5-12,14-16H,13H2,1-4H3/q+1. The number of fused-ring (bicyclic) bond motifs is 1. The van der Waals surface area contributed by atoms with E-state index < -0.39 is 0 Å². The Kier molecular flexibility index (Phi) is 4.02. The fourth-order valence-corrected chi connectivity index (χ4v) is 2.94. The van der Waals surface area contributed by atoms with Crippen LogP contribution in [-0.2, 0) is 6.54 Å². The molecule has 0 atom stereocenters. The summed E-state index contributed by atoms with van der Waals surface area (Å²) < 4.78 is 4.65. The topological polar surface area (TPSA) is 8.81 Å². The van der Waals surface area contributed by atoms with Gasteiger partial charge in [0.2, 0.25) is 6.33 Å². The van der Waals surface area contributed by atoms with E-state index in [9.17, 15) is 0 Å². The maximum Gasteiger partial charge on any atom is 0.249 e. The molecule has 3 aromatic rings. The highest BCUT2D eigenvalue weighted by Crippen LogP contribution is 2.20. The average molecular weight is 293 g/mol. The van der Waals surface area contributed by atoms with E-state index in [4.69, 9.17) is 0 Å². The van der Waals surface area contributed by atoms with Gasteiger partial charge in [0.1, 0.15) is 5.69 Å². The molecule has 0 bridgehead atoms. The molecule has 2 aromatic carbocycles. The van der Waals surface area contributed by atoms with Gasteiger partial charge in [-0.3, -0.25) is 0 Å². The zero-order valence-corrected chi connectivity index (χ0v) is 14.0. The second kappa shape index (κ2) is 5.96. The summed E-state index contributed by atoms with van der Waals surface area (Å²) in [6.07, 6.45) is 2.23. The van der Waals surface area contributed by atoms with Crippen LogP contribution >= 0.6 is 0 Å². The average Bonchev–Trinajstić information content (AvgIpc) is 2.86. The lowest BCUT2D eigenvalue weighted by molar-refractivity contribution is -0.677. The van der Waals surface area contributed by atoms with Crippen LogP contribution < -0.4 is 4.57 Å². The van der Waals surface area contributed by atoms with Gasteiger partial charge in [-0.05, 0) is 41.7 Å². The van der Waals surface area contributed by atoms with E-state index in [-0.39, 0.29) is 0 Å². The summed E-state index contributed by atoms with van der Waals surface area (Å²) >= 11 is 0. The van der Waals surface area contributed by atoms with E-state index in [1.165, 1.54) is 22.3 Å². The van der Waals surface area contributed by atoms with Crippen LogP contribution in [0.2, 0.25) is 0 Å². The largest absolute Gasteiger partial charge is 0.249 e. The zero-order chi connectivity index (χ0) is 15.7. The van der Waals surface area contributed by atoms with Gasteiger partial charge < -0.3 is 0 Å². The molecule has 0 aliphatic heterocycles. The molecule has 0 saturated heterocycles. The molecular weight excluding hydrogens is 268 g/mol. The van der Waals surface area contributed by atoms with Crippen LogP contribution in [0, 0.1) is 5.92 Å². The Morgan fingerprint density at radius 1 is 0.909 bits per heavy atom. The van der Waals surface area contributed by atoms with Crippen molar-refractivity contribution in [1.82, 2.24) is 4.57 Å². The summed E-state index contributed by atoms with van der Waals surface area (Å²) in [4.78, 5) is 0. The third-order valence-electron chi connectivity index (χ3n) is 4.11. The molecule has 0 spiro atoms. The van der Waals surface area contributed by atoms with Gasteiger partial charge in [0.25, 0.3) is 0 Å². The van der Waals surface area contributed by atoms with Crippen molar-refractivity contribution in [2.75, 3.05) is 0 Å². The minimum absolute atomic E-state index is 0.571. The van der Waals surface area contributed by atoms with Gasteiger partial charge in [-0.2, -0.15) is 4.57 Å². The minimum atomic E-state index is 0.571. The van der Waals surface area contributed by atoms with Crippen molar-refractivity contribution in [3.63, 3.8) is 0 Å². The van der Waals surface area contributed by atoms with Gasteiger partial charge in [-0.25, -0.2) is 4.57 Å². The quantitative estimate of drug-likeness (QED) is 0.617. The zero-order valence-electron chi connectivity index (χ0n) is 14.0. The van der Waals surface area contributed by atoms with E-state index in [0.717, 1.165) is 6.54 Å². The van der Waals surface area contributed by atoms with Crippen LogP contribution in [0.25, 0.3) is 16.7 Å². The SMILES string of the molecule is CC(C)C[n+]1cn(-c2ccc(C(C)C)cc2)c2ccccc21. The van der Waals surface area contributed by atoms with Gasteiger partial charge in [0, 0.05) is 0 Å². The lowest BCUT2D eigenvalue weighted by atomic mass is 10.0. The Morgan fingerprint density at radius 2 is 1.59 bits per heavy atom. The van der Waals surface area contributed by atoms with E-state index in [2.05, 4.69) is 91.7 Å². The Hall–Kier alpha value is -2.09. The van der Waals surface area contributed by atoms with E-state index in [1.54, 1.807) is 0 Å². The molecule has 1 aromatic heterocycles. The first-order chi connectivity index (χ1) is 10.6. The summed E-state index contributed by atoms with van der Waals surface area (Å²) in [6.45, 7) is 10.0. The van der Waals surface area contributed by atoms with Crippen molar-refractivity contribution in [2.45, 2.75) is 40.2 Å². The molecule has 0 aliphatic carbocycles. The summed E-state index contributed by atoms with van der Waals surface area (Å²) in [5.74, 6) is 1.20. The fourth-order valence-electron chi connectivity index (χ4n) is 2.94. The molecule has 0 unspecified atom stereocenters. The van der Waals surface area contributed by atoms with Crippen LogP contribution in [-0.4, -0.2) is 4.57 Å². The predicted octanol–water partition coefficient (Wildman–Crippen LogP) is 4.70. The fraction of sp³-hybridized carbons (Fsp3) is 0.350. The van der Waals surface area contributed by atoms with Crippen molar-refractivity contribution in [3.05, 3.63) is 60.4 Å². The van der Waals surface area contributed by atoms with Crippen LogP contribution in [0.1, 0.15) is 39.2 Å². The molecule has 0 radical (unpaired) electrons. The van der Waals surface area contributed by atoms with E-state index >= 15 is 0 Å². The first-order valence-corrected chi connectivity index (χ1v) is 8.16. The van der Waals surface area contributed by atoms with Crippen molar-refractivity contribution in [2.24, 2.45) is 5.92 Å². The molecular formula is C20H25N2+. The number of hydrogen-bond donors (Lipinski definition) is 0. The second-order valence-electron chi connectivity index (χ2n) is 6.77. The molecule has 0 aliphatic rings. The summed E-state index contributed by atoms with van der Waals surface area (Å²) in [7, 11) is 0. The van der Waals surface area contributed by atoms with Crippen molar-refractivity contribution < 1.29 is 4.57 Å². The molecule has 22 heavy (non-hydrogen) atoms. The van der Waals surface area contributed by atoms with Crippen LogP contribution in [0.4, 0.5) is 0 Å². The number of hydrogen-bond acceptors (Lipinski definition) is 0. The highest BCUT2D eigenvalue weighted by Gasteiger charge is 2.17. The second-order valence-corrected chi connectivity index (χ2v) is 6.77. The Labute approximate surface area is 133 Å². The normalized spacial score (nSPS) is 11.7. The van der Waals surface area contributed by atoms with Crippen LogP contribution in [0.15, 0.2) is 54.9 Å². The molecule has 2 heteroatoms. The summed E-state index contributed by atoms with van der Waals surface area (Å²) in [5, 5.41) is 0. The lowest BCUT2D eigenvalue weighted by Crippen LogP contribution is -2.34. The minimum Gasteiger partial charge on any atom is -0.229 e. The van der Waals surface area contributed by atoms with Gasteiger partial charge in [0.15, 0.2) is 11.0 Å². The number of benzene rings is 2. The maximum atomic E-state index is 2.36. The smallest absolute Gasteiger partial charge is 0.229 e. The van der Waals surface area contributed by atoms with Gasteiger partial charge in [0.05, 0.1) is 6.54 Å². The van der Waals surface area contributed by atoms with Gasteiger partial charge >= 0.3 is 0 Å². The van der Waals surface area contributed by atoms with Crippen molar-refractivity contribution in [1.29, 1.82) is 0 Å². The molecule has 0 N–H and O–H groups in total. The highest BCUT2D eigenvalue weighted by molar-refractivity contribution is 5.74. The number of imidazole rings is 1. The first kappa shape index (κ1) is 14.8. The van der Waals surface area contributed by atoms with E-state index in [1.807, 2.05) is 0 Å². The molecule has 3 rings (SSSR count). The number of rotatable bonds is 4. The maximum absolute atomic E-state index is 2.36. The molecule has 1 heterocycles. The molecule has 114 valence electrons. The van der Waals surface area contributed by atoms with Crippen LogP contribution in [0.3, 0.4) is 0 Å². The summed E-state index contributed by atoms with van der Waals surface area (Å²) in [5.41, 5.74) is 5.17. The number of para-hydroxylation sites is 2. The third kappa shape index (κ3) is 2.78. The van der Waals surface area contributed by atoms with Gasteiger partial charge in [-0.1, -0.05) is 52.0 Å². The Morgan fingerprint density at radius 3 is 2.23 bits per heavy atom. The van der Waals surface area contributed by atoms with Crippen molar-refractivity contribution >= 4 is 11.0 Å². The monoisotopic (exact) mass is 293 g/mol. The molecule has 0 amide bonds. The van der Waals surface area contributed by atoms with E-state index in [0.29, 0.717) is 11.8 Å². The van der Waals surface area contributed by atoms with Crippen LogP contribution in [0.5, 0.6) is 0 Å². The predicted molar refractivity (Wildman–Crippen MR) is 92.4 cm³/mol. The third-order valence-corrected chi connectivity index (χ3v) is 4.11. The summed E-state index contributed by atoms with van der Waals surface area (Å²) in [6, 6.07) is 17.6. The molecule has 0 fully saturated rings. The first-order valence-electron chi connectivity index (χ1n) is 8.16. The van der Waals surface area contributed by atoms with Gasteiger partial charge in [-0.15, -0.1) is 0 Å². The highest BCUT2D eigenvalue weighted by atomic mass is 15.1. The Balaban J connectivity index is 2.10. The molecule has 0 saturated carbocycles. The Bertz CT molecular complexity index is 764. The number of nitrogens with zero attached hydrogens (tertiary/aromatic N) is 2. The lowest BCUT2D eigenvalue weighted by Gasteiger charge is -2.05. The van der Waals surface area contributed by atoms with Crippen molar-refractivity contribution in [3.8, 4) is 5.69 Å². The number of aromatic nitrogens is 2.